The van der Waals surface area contributed by atoms with Gasteiger partial charge in [0.2, 0.25) is 0 Å². The number of benzene rings is 1. The van der Waals surface area contributed by atoms with Crippen molar-refractivity contribution in [2.24, 2.45) is 5.73 Å². The minimum atomic E-state index is -1.68. The van der Waals surface area contributed by atoms with Crippen molar-refractivity contribution in [3.05, 3.63) is 35.4 Å². The van der Waals surface area contributed by atoms with E-state index in [-0.39, 0.29) is 18.6 Å². The number of ether oxygens (including phenoxy) is 1. The first-order chi connectivity index (χ1) is 8.05. The van der Waals surface area contributed by atoms with Crippen LogP contribution in [0.5, 0.6) is 0 Å². The van der Waals surface area contributed by atoms with Gasteiger partial charge >= 0.3 is 0 Å². The summed E-state index contributed by atoms with van der Waals surface area (Å²) in [4.78, 5) is 0. The van der Waals surface area contributed by atoms with Crippen LogP contribution in [0.2, 0.25) is 0 Å². The van der Waals surface area contributed by atoms with Gasteiger partial charge in [-0.15, -0.1) is 0 Å². The van der Waals surface area contributed by atoms with E-state index in [0.29, 0.717) is 13.0 Å². The van der Waals surface area contributed by atoms with Gasteiger partial charge in [-0.05, 0) is 31.5 Å². The molecule has 0 fully saturated rings. The molecular formula is C12H17F2NO2. The van der Waals surface area contributed by atoms with E-state index >= 15 is 0 Å². The molecule has 96 valence electrons. The smallest absolute Gasteiger partial charge is 0.132 e. The molecule has 0 saturated heterocycles. The Balaban J connectivity index is 3.12. The van der Waals surface area contributed by atoms with Crippen molar-refractivity contribution in [1.29, 1.82) is 0 Å². The van der Waals surface area contributed by atoms with Crippen LogP contribution in [-0.4, -0.2) is 25.4 Å². The fourth-order valence-electron chi connectivity index (χ4n) is 1.85. The van der Waals surface area contributed by atoms with Gasteiger partial charge in [0, 0.05) is 7.11 Å². The Bertz CT molecular complexity index is 353. The van der Waals surface area contributed by atoms with E-state index in [2.05, 4.69) is 0 Å². The average molecular weight is 245 g/mol. The summed E-state index contributed by atoms with van der Waals surface area (Å²) in [6.45, 7) is 0.160. The lowest BCUT2D eigenvalue weighted by Crippen LogP contribution is -2.34. The molecule has 1 aromatic rings. The maximum atomic E-state index is 13.6. The third-order valence-electron chi connectivity index (χ3n) is 2.61. The maximum absolute atomic E-state index is 13.6. The summed E-state index contributed by atoms with van der Waals surface area (Å²) in [6, 6.07) is 3.48. The van der Waals surface area contributed by atoms with Crippen LogP contribution in [0.1, 0.15) is 18.4 Å². The number of hydrogen-bond donors (Lipinski definition) is 2. The molecular weight excluding hydrogens is 228 g/mol. The topological polar surface area (TPSA) is 55.5 Å². The van der Waals surface area contributed by atoms with E-state index < -0.39 is 17.2 Å². The first-order valence-electron chi connectivity index (χ1n) is 5.41. The number of methoxy groups -OCH3 is 1. The van der Waals surface area contributed by atoms with Crippen molar-refractivity contribution in [1.82, 2.24) is 0 Å². The van der Waals surface area contributed by atoms with Crippen LogP contribution in [0.15, 0.2) is 18.2 Å². The third-order valence-corrected chi connectivity index (χ3v) is 2.61. The molecule has 0 spiro atoms. The Morgan fingerprint density at radius 2 is 1.94 bits per heavy atom. The van der Waals surface area contributed by atoms with E-state index in [4.69, 9.17) is 10.5 Å². The second kappa shape index (κ2) is 6.05. The standard InChI is InChI=1S/C12H17F2NO2/c1-17-8-12(16,6-3-7-15)11-9(13)4-2-5-10(11)14/h2,4-5,16H,3,6-8,15H2,1H3. The van der Waals surface area contributed by atoms with Gasteiger partial charge in [0.05, 0.1) is 12.2 Å². The molecule has 1 atom stereocenters. The highest BCUT2D eigenvalue weighted by atomic mass is 19.1. The van der Waals surface area contributed by atoms with Crippen molar-refractivity contribution in [2.45, 2.75) is 18.4 Å². The highest BCUT2D eigenvalue weighted by Gasteiger charge is 2.34. The van der Waals surface area contributed by atoms with E-state index in [9.17, 15) is 13.9 Å². The van der Waals surface area contributed by atoms with Crippen LogP contribution in [-0.2, 0) is 10.3 Å². The Kier molecular flexibility index (Phi) is 4.99. The minimum absolute atomic E-state index is 0.148. The highest BCUT2D eigenvalue weighted by molar-refractivity contribution is 5.26. The molecule has 1 rings (SSSR count). The molecule has 0 bridgehead atoms. The number of rotatable bonds is 6. The average Bonchev–Trinajstić information content (AvgIpc) is 2.26. The second-order valence-electron chi connectivity index (χ2n) is 3.95. The Morgan fingerprint density at radius 3 is 2.41 bits per heavy atom. The Morgan fingerprint density at radius 1 is 1.35 bits per heavy atom. The first-order valence-corrected chi connectivity index (χ1v) is 5.41. The highest BCUT2D eigenvalue weighted by Crippen LogP contribution is 2.31. The molecule has 0 radical (unpaired) electrons. The van der Waals surface area contributed by atoms with E-state index in [1.54, 1.807) is 0 Å². The van der Waals surface area contributed by atoms with Crippen LogP contribution in [0, 0.1) is 11.6 Å². The quantitative estimate of drug-likeness (QED) is 0.799. The van der Waals surface area contributed by atoms with E-state index in [0.717, 1.165) is 12.1 Å². The largest absolute Gasteiger partial charge is 0.383 e. The van der Waals surface area contributed by atoms with Crippen LogP contribution < -0.4 is 5.73 Å². The van der Waals surface area contributed by atoms with Gasteiger partial charge in [-0.2, -0.15) is 0 Å². The zero-order valence-electron chi connectivity index (χ0n) is 9.75. The molecule has 0 heterocycles. The van der Waals surface area contributed by atoms with Gasteiger partial charge in [0.25, 0.3) is 0 Å². The van der Waals surface area contributed by atoms with Crippen molar-refractivity contribution in [3.8, 4) is 0 Å². The summed E-state index contributed by atoms with van der Waals surface area (Å²) in [6.07, 6.45) is 0.600. The van der Waals surface area contributed by atoms with Gasteiger partial charge in [-0.25, -0.2) is 8.78 Å². The summed E-state index contributed by atoms with van der Waals surface area (Å²) in [7, 11) is 1.37. The zero-order chi connectivity index (χ0) is 12.9. The van der Waals surface area contributed by atoms with Crippen LogP contribution in [0.25, 0.3) is 0 Å². The normalized spacial score (nSPS) is 14.6. The Hall–Kier alpha value is -1.04. The molecule has 0 saturated carbocycles. The molecule has 17 heavy (non-hydrogen) atoms. The summed E-state index contributed by atoms with van der Waals surface area (Å²) in [5.41, 5.74) is 3.32. The summed E-state index contributed by atoms with van der Waals surface area (Å²) >= 11 is 0. The fourth-order valence-corrected chi connectivity index (χ4v) is 1.85. The van der Waals surface area contributed by atoms with Crippen LogP contribution in [0.4, 0.5) is 8.78 Å². The van der Waals surface area contributed by atoms with Crippen LogP contribution in [0.3, 0.4) is 0 Å². The number of hydrogen-bond acceptors (Lipinski definition) is 3. The van der Waals surface area contributed by atoms with Crippen molar-refractivity contribution in [2.75, 3.05) is 20.3 Å². The maximum Gasteiger partial charge on any atom is 0.132 e. The third kappa shape index (κ3) is 3.21. The van der Waals surface area contributed by atoms with Crippen molar-refractivity contribution >= 4 is 0 Å². The Labute approximate surface area is 99.2 Å². The lowest BCUT2D eigenvalue weighted by Gasteiger charge is -2.28. The fraction of sp³-hybridized carbons (Fsp3) is 0.500. The first kappa shape index (κ1) is 14.0. The van der Waals surface area contributed by atoms with Gasteiger partial charge in [0.1, 0.15) is 17.2 Å². The molecule has 0 aliphatic rings. The predicted molar refractivity (Wildman–Crippen MR) is 60.4 cm³/mol. The van der Waals surface area contributed by atoms with E-state index in [1.807, 2.05) is 0 Å². The van der Waals surface area contributed by atoms with Gasteiger partial charge in [-0.1, -0.05) is 6.07 Å². The predicted octanol–water partition coefficient (Wildman–Crippen LogP) is 1.54. The molecule has 0 amide bonds. The zero-order valence-corrected chi connectivity index (χ0v) is 9.75. The van der Waals surface area contributed by atoms with Crippen LogP contribution >= 0.6 is 0 Å². The SMILES string of the molecule is COCC(O)(CCCN)c1c(F)cccc1F. The van der Waals surface area contributed by atoms with Gasteiger partial charge < -0.3 is 15.6 Å². The van der Waals surface area contributed by atoms with Crippen molar-refractivity contribution < 1.29 is 18.6 Å². The van der Waals surface area contributed by atoms with Gasteiger partial charge in [0.15, 0.2) is 0 Å². The lowest BCUT2D eigenvalue weighted by atomic mass is 9.89. The molecule has 3 nitrogen and oxygen atoms in total. The molecule has 0 aromatic heterocycles. The summed E-state index contributed by atoms with van der Waals surface area (Å²) < 4.78 is 32.1. The molecule has 3 N–H and O–H groups in total. The molecule has 1 unspecified atom stereocenters. The second-order valence-corrected chi connectivity index (χ2v) is 3.95. The molecule has 5 heteroatoms. The number of nitrogens with two attached hydrogens (primary N) is 1. The summed E-state index contributed by atoms with van der Waals surface area (Å²) in [5.74, 6) is -1.55. The van der Waals surface area contributed by atoms with Crippen molar-refractivity contribution in [3.63, 3.8) is 0 Å². The van der Waals surface area contributed by atoms with Gasteiger partial charge in [-0.3, -0.25) is 0 Å². The number of aliphatic hydroxyl groups is 1. The summed E-state index contributed by atoms with van der Waals surface area (Å²) in [5, 5.41) is 10.3. The minimum Gasteiger partial charge on any atom is -0.383 e. The van der Waals surface area contributed by atoms with E-state index in [1.165, 1.54) is 13.2 Å². The molecule has 1 aromatic carbocycles. The number of halogens is 2. The molecule has 0 aliphatic heterocycles. The monoisotopic (exact) mass is 245 g/mol. The lowest BCUT2D eigenvalue weighted by molar-refractivity contribution is -0.0477. The molecule has 0 aliphatic carbocycles.